The molecule has 5 aromatic rings. The Kier molecular flexibility index (Phi) is 5.29. The van der Waals surface area contributed by atoms with E-state index in [4.69, 9.17) is 4.74 Å². The molecular formula is C35H36NO+. The van der Waals surface area contributed by atoms with Crippen LogP contribution in [0.2, 0.25) is 0 Å². The highest BCUT2D eigenvalue weighted by atomic mass is 16.5. The zero-order chi connectivity index (χ0) is 25.3. The van der Waals surface area contributed by atoms with Gasteiger partial charge < -0.3 is 4.74 Å². The molecular weight excluding hydrogens is 450 g/mol. The maximum atomic E-state index is 7.02. The van der Waals surface area contributed by atoms with Crippen LogP contribution < -0.4 is 9.30 Å². The minimum atomic E-state index is 0.639. The van der Waals surface area contributed by atoms with E-state index >= 15 is 0 Å². The number of benzene rings is 4. The number of aryl methyl sites for hydroxylation is 2. The maximum absolute atomic E-state index is 7.02. The molecule has 2 nitrogen and oxygen atoms in total. The topological polar surface area (TPSA) is 13.1 Å². The van der Waals surface area contributed by atoms with Crippen LogP contribution in [0.4, 0.5) is 0 Å². The summed E-state index contributed by atoms with van der Waals surface area (Å²) in [5.74, 6) is 3.48. The van der Waals surface area contributed by atoms with Gasteiger partial charge >= 0.3 is 0 Å². The lowest BCUT2D eigenvalue weighted by Crippen LogP contribution is -2.32. The lowest BCUT2D eigenvalue weighted by molar-refractivity contribution is -0.659. The second kappa shape index (κ2) is 8.58. The van der Waals surface area contributed by atoms with Crippen molar-refractivity contribution < 1.29 is 9.30 Å². The van der Waals surface area contributed by atoms with Crippen LogP contribution in [0.15, 0.2) is 60.8 Å². The van der Waals surface area contributed by atoms with Crippen LogP contribution in [0.25, 0.3) is 43.6 Å². The fourth-order valence-electron chi connectivity index (χ4n) is 7.14. The number of fused-ring (bicyclic) bond motifs is 5. The monoisotopic (exact) mass is 486 g/mol. The summed E-state index contributed by atoms with van der Waals surface area (Å²) in [7, 11) is 2.19. The fourth-order valence-corrected chi connectivity index (χ4v) is 7.14. The molecule has 1 aliphatic heterocycles. The Balaban J connectivity index is 1.55. The molecule has 0 saturated heterocycles. The van der Waals surface area contributed by atoms with Gasteiger partial charge in [-0.3, -0.25) is 0 Å². The first-order chi connectivity index (χ1) is 18.0. The molecule has 7 rings (SSSR count). The highest BCUT2D eigenvalue weighted by Crippen LogP contribution is 2.52. The first-order valence-corrected chi connectivity index (χ1v) is 14.1. The number of hydrogen-bond acceptors (Lipinski definition) is 1. The minimum absolute atomic E-state index is 0.639. The zero-order valence-corrected chi connectivity index (χ0v) is 22.5. The van der Waals surface area contributed by atoms with Crippen molar-refractivity contribution in [3.63, 3.8) is 0 Å². The number of aromatic nitrogens is 1. The predicted molar refractivity (Wildman–Crippen MR) is 155 cm³/mol. The molecule has 0 atom stereocenters. The van der Waals surface area contributed by atoms with Gasteiger partial charge in [0, 0.05) is 17.0 Å². The molecule has 1 fully saturated rings. The van der Waals surface area contributed by atoms with Gasteiger partial charge in [0.25, 0.3) is 0 Å². The van der Waals surface area contributed by atoms with E-state index in [1.807, 2.05) is 0 Å². The molecule has 186 valence electrons. The molecule has 0 amide bonds. The number of rotatable bonds is 4. The number of ether oxygens (including phenoxy) is 1. The van der Waals surface area contributed by atoms with Crippen LogP contribution in [-0.2, 0) is 19.9 Å². The van der Waals surface area contributed by atoms with Crippen molar-refractivity contribution in [1.29, 1.82) is 0 Å². The summed E-state index contributed by atoms with van der Waals surface area (Å²) in [6.07, 6.45) is 9.83. The zero-order valence-electron chi connectivity index (χ0n) is 22.5. The first kappa shape index (κ1) is 22.8. The Labute approximate surface area is 219 Å². The maximum Gasteiger partial charge on any atom is 0.228 e. The van der Waals surface area contributed by atoms with Gasteiger partial charge in [-0.15, -0.1) is 0 Å². The van der Waals surface area contributed by atoms with Crippen LogP contribution in [0.1, 0.15) is 56.2 Å². The van der Waals surface area contributed by atoms with Crippen LogP contribution in [-0.4, -0.2) is 0 Å². The van der Waals surface area contributed by atoms with Crippen LogP contribution in [0.3, 0.4) is 0 Å². The van der Waals surface area contributed by atoms with E-state index in [0.29, 0.717) is 5.92 Å². The predicted octanol–water partition coefficient (Wildman–Crippen LogP) is 8.98. The minimum Gasteiger partial charge on any atom is -0.455 e. The van der Waals surface area contributed by atoms with E-state index in [2.05, 4.69) is 93.2 Å². The Bertz CT molecular complexity index is 1700. The van der Waals surface area contributed by atoms with Crippen LogP contribution in [0, 0.1) is 18.8 Å². The molecule has 4 aromatic carbocycles. The van der Waals surface area contributed by atoms with Gasteiger partial charge in [0.05, 0.1) is 10.9 Å². The van der Waals surface area contributed by atoms with Crippen molar-refractivity contribution in [2.75, 3.05) is 0 Å². The van der Waals surface area contributed by atoms with E-state index in [0.717, 1.165) is 30.3 Å². The third-order valence-electron chi connectivity index (χ3n) is 8.86. The van der Waals surface area contributed by atoms with Crippen LogP contribution in [0.5, 0.6) is 11.5 Å². The quantitative estimate of drug-likeness (QED) is 0.179. The summed E-state index contributed by atoms with van der Waals surface area (Å²) in [6, 6.07) is 20.5. The highest BCUT2D eigenvalue weighted by Gasteiger charge is 2.34. The summed E-state index contributed by atoms with van der Waals surface area (Å²) in [6.45, 7) is 6.88. The highest BCUT2D eigenvalue weighted by molar-refractivity contribution is 6.16. The van der Waals surface area contributed by atoms with Gasteiger partial charge in [0.15, 0.2) is 6.20 Å². The molecule has 0 radical (unpaired) electrons. The molecule has 0 unspecified atom stereocenters. The number of hydrogen-bond donors (Lipinski definition) is 0. The van der Waals surface area contributed by atoms with Crippen molar-refractivity contribution in [2.24, 2.45) is 18.9 Å². The average Bonchev–Trinajstić information content (AvgIpc) is 3.41. The molecule has 2 heteroatoms. The van der Waals surface area contributed by atoms with E-state index in [1.54, 1.807) is 0 Å². The van der Waals surface area contributed by atoms with Gasteiger partial charge in [-0.1, -0.05) is 82.0 Å². The molecule has 0 N–H and O–H groups in total. The second-order valence-corrected chi connectivity index (χ2v) is 11.9. The third-order valence-corrected chi connectivity index (χ3v) is 8.86. The second-order valence-electron chi connectivity index (χ2n) is 11.9. The van der Waals surface area contributed by atoms with Crippen LogP contribution >= 0.6 is 0 Å². The van der Waals surface area contributed by atoms with E-state index in [9.17, 15) is 0 Å². The van der Waals surface area contributed by atoms with E-state index in [-0.39, 0.29) is 0 Å². The van der Waals surface area contributed by atoms with Gasteiger partial charge in [-0.25, -0.2) is 4.57 Å². The van der Waals surface area contributed by atoms with E-state index in [1.165, 1.54) is 85.9 Å². The molecule has 37 heavy (non-hydrogen) atoms. The Morgan fingerprint density at radius 2 is 1.70 bits per heavy atom. The molecule has 2 heterocycles. The average molecular weight is 487 g/mol. The Hall–Kier alpha value is -3.39. The lowest BCUT2D eigenvalue weighted by Gasteiger charge is -2.26. The summed E-state index contributed by atoms with van der Waals surface area (Å²) in [4.78, 5) is 0. The molecule has 0 bridgehead atoms. The van der Waals surface area contributed by atoms with Gasteiger partial charge in [0.1, 0.15) is 18.5 Å². The van der Waals surface area contributed by atoms with Crippen molar-refractivity contribution in [2.45, 2.75) is 59.3 Å². The number of nitrogens with zero attached hydrogens (tertiary/aromatic N) is 1. The largest absolute Gasteiger partial charge is 0.455 e. The lowest BCUT2D eigenvalue weighted by atomic mass is 9.85. The molecule has 2 aliphatic rings. The molecule has 1 saturated carbocycles. The third kappa shape index (κ3) is 3.56. The van der Waals surface area contributed by atoms with Gasteiger partial charge in [0.2, 0.25) is 5.69 Å². The van der Waals surface area contributed by atoms with Crippen molar-refractivity contribution in [1.82, 2.24) is 0 Å². The van der Waals surface area contributed by atoms with Gasteiger partial charge in [-0.05, 0) is 70.3 Å². The SMILES string of the molecule is Cc1c2c(c(CC3CCCC3)c3ccccc13)Oc1cc3ccc(CC(C)C)cc3c3cc[n+](C)c-2c13. The summed E-state index contributed by atoms with van der Waals surface area (Å²) < 4.78 is 9.34. The smallest absolute Gasteiger partial charge is 0.228 e. The van der Waals surface area contributed by atoms with Crippen molar-refractivity contribution in [3.05, 3.63) is 77.5 Å². The Morgan fingerprint density at radius 1 is 0.919 bits per heavy atom. The van der Waals surface area contributed by atoms with Crippen molar-refractivity contribution in [3.8, 4) is 22.8 Å². The van der Waals surface area contributed by atoms with E-state index < -0.39 is 0 Å². The first-order valence-electron chi connectivity index (χ1n) is 14.1. The fraction of sp³-hybridized carbons (Fsp3) is 0.343. The van der Waals surface area contributed by atoms with Gasteiger partial charge in [-0.2, -0.15) is 0 Å². The standard InChI is InChI=1S/C35H36NO/c1-21(2)17-24-13-14-25-20-31-33-28(29(25)19-24)15-16-36(4)34(33)32-22(3)26-11-7-8-12-27(26)30(35(32)37-31)18-23-9-5-6-10-23/h7-8,11-16,19-21,23H,5-6,9-10,17-18H2,1-4H3/q+1. The summed E-state index contributed by atoms with van der Waals surface area (Å²) in [5, 5.41) is 7.85. The number of pyridine rings is 1. The molecule has 1 aliphatic carbocycles. The Morgan fingerprint density at radius 3 is 2.49 bits per heavy atom. The summed E-state index contributed by atoms with van der Waals surface area (Å²) >= 11 is 0. The normalized spacial score (nSPS) is 15.2. The molecule has 1 aromatic heterocycles. The summed E-state index contributed by atoms with van der Waals surface area (Å²) in [5.41, 5.74) is 6.71. The van der Waals surface area contributed by atoms with Crippen molar-refractivity contribution >= 4 is 32.3 Å². The molecule has 0 spiro atoms.